The van der Waals surface area contributed by atoms with E-state index in [1.807, 2.05) is 6.92 Å². The Labute approximate surface area is 107 Å². The molecule has 1 aliphatic rings. The number of hydrogen-bond acceptors (Lipinski definition) is 4. The molecule has 4 nitrogen and oxygen atoms in total. The number of thiocarbonyl (C=S) groups is 1. The number of aromatic nitrogens is 2. The molecule has 0 saturated heterocycles. The Morgan fingerprint density at radius 3 is 2.88 bits per heavy atom. The van der Waals surface area contributed by atoms with Crippen LogP contribution in [0.15, 0.2) is 6.07 Å². The molecule has 0 bridgehead atoms. The second-order valence-corrected chi connectivity index (χ2v) is 5.03. The van der Waals surface area contributed by atoms with Gasteiger partial charge in [-0.15, -0.1) is 0 Å². The standard InChI is InChI=1S/C12H18N4S/c1-8-7-10(11(13)17)16-12(15-8)14-6-5-9-3-2-4-9/h7,9H,2-6H2,1H3,(H2,13,17)(H,14,15,16). The maximum atomic E-state index is 5.57. The second-order valence-electron chi connectivity index (χ2n) is 4.59. The van der Waals surface area contributed by atoms with Crippen LogP contribution in [0.2, 0.25) is 0 Å². The molecule has 0 aromatic carbocycles. The zero-order chi connectivity index (χ0) is 12.3. The summed E-state index contributed by atoms with van der Waals surface area (Å²) in [4.78, 5) is 8.92. The highest BCUT2D eigenvalue weighted by atomic mass is 32.1. The highest BCUT2D eigenvalue weighted by molar-refractivity contribution is 7.80. The zero-order valence-electron chi connectivity index (χ0n) is 10.1. The first-order chi connectivity index (χ1) is 8.15. The maximum absolute atomic E-state index is 5.57. The van der Waals surface area contributed by atoms with Gasteiger partial charge in [0.05, 0.1) is 0 Å². The van der Waals surface area contributed by atoms with Crippen molar-refractivity contribution in [2.24, 2.45) is 11.7 Å². The van der Waals surface area contributed by atoms with E-state index in [4.69, 9.17) is 18.0 Å². The molecule has 1 aliphatic carbocycles. The molecule has 1 fully saturated rings. The van der Waals surface area contributed by atoms with E-state index >= 15 is 0 Å². The van der Waals surface area contributed by atoms with Crippen molar-refractivity contribution in [3.05, 3.63) is 17.5 Å². The van der Waals surface area contributed by atoms with Gasteiger partial charge < -0.3 is 11.1 Å². The summed E-state index contributed by atoms with van der Waals surface area (Å²) in [5.74, 6) is 1.52. The molecular formula is C12H18N4S. The Balaban J connectivity index is 1.92. The number of nitrogens with one attached hydrogen (secondary N) is 1. The first kappa shape index (κ1) is 12.2. The monoisotopic (exact) mass is 250 g/mol. The van der Waals surface area contributed by atoms with Gasteiger partial charge in [0.1, 0.15) is 10.7 Å². The van der Waals surface area contributed by atoms with E-state index in [0.29, 0.717) is 16.6 Å². The predicted molar refractivity (Wildman–Crippen MR) is 73.1 cm³/mol. The highest BCUT2D eigenvalue weighted by Crippen LogP contribution is 2.28. The van der Waals surface area contributed by atoms with Crippen molar-refractivity contribution in [2.45, 2.75) is 32.6 Å². The van der Waals surface area contributed by atoms with Crippen molar-refractivity contribution in [1.29, 1.82) is 0 Å². The molecule has 0 spiro atoms. The molecule has 0 atom stereocenters. The Morgan fingerprint density at radius 2 is 2.29 bits per heavy atom. The van der Waals surface area contributed by atoms with Crippen LogP contribution in [0.5, 0.6) is 0 Å². The van der Waals surface area contributed by atoms with Gasteiger partial charge in [-0.2, -0.15) is 0 Å². The van der Waals surface area contributed by atoms with Crippen LogP contribution in [0.25, 0.3) is 0 Å². The first-order valence-electron chi connectivity index (χ1n) is 6.04. The fourth-order valence-corrected chi connectivity index (χ4v) is 2.05. The Hall–Kier alpha value is -1.23. The molecule has 1 aromatic rings. The third-order valence-corrected chi connectivity index (χ3v) is 3.38. The summed E-state index contributed by atoms with van der Waals surface area (Å²) in [6.07, 6.45) is 5.32. The van der Waals surface area contributed by atoms with Crippen molar-refractivity contribution < 1.29 is 0 Å². The van der Waals surface area contributed by atoms with Crippen molar-refractivity contribution >= 4 is 23.2 Å². The van der Waals surface area contributed by atoms with Gasteiger partial charge in [-0.05, 0) is 25.3 Å². The van der Waals surface area contributed by atoms with E-state index in [9.17, 15) is 0 Å². The molecular weight excluding hydrogens is 232 g/mol. The third-order valence-electron chi connectivity index (χ3n) is 3.17. The average Bonchev–Trinajstić information content (AvgIpc) is 2.21. The Morgan fingerprint density at radius 1 is 1.53 bits per heavy atom. The fourth-order valence-electron chi connectivity index (χ4n) is 1.94. The van der Waals surface area contributed by atoms with Gasteiger partial charge in [0.15, 0.2) is 0 Å². The number of anilines is 1. The minimum Gasteiger partial charge on any atom is -0.388 e. The van der Waals surface area contributed by atoms with Gasteiger partial charge >= 0.3 is 0 Å². The number of hydrogen-bond donors (Lipinski definition) is 2. The molecule has 0 unspecified atom stereocenters. The van der Waals surface area contributed by atoms with Crippen LogP contribution in [0, 0.1) is 12.8 Å². The topological polar surface area (TPSA) is 63.8 Å². The van der Waals surface area contributed by atoms with Gasteiger partial charge in [-0.1, -0.05) is 31.5 Å². The molecule has 1 aromatic heterocycles. The second kappa shape index (κ2) is 5.40. The molecule has 2 rings (SSSR count). The van der Waals surface area contributed by atoms with E-state index in [1.54, 1.807) is 6.07 Å². The lowest BCUT2D eigenvalue weighted by molar-refractivity contribution is 0.303. The molecule has 1 heterocycles. The Kier molecular flexibility index (Phi) is 3.89. The van der Waals surface area contributed by atoms with E-state index in [1.165, 1.54) is 25.7 Å². The highest BCUT2D eigenvalue weighted by Gasteiger charge is 2.16. The van der Waals surface area contributed by atoms with Crippen LogP contribution in [0.4, 0.5) is 5.95 Å². The largest absolute Gasteiger partial charge is 0.388 e. The van der Waals surface area contributed by atoms with Crippen molar-refractivity contribution in [1.82, 2.24) is 9.97 Å². The van der Waals surface area contributed by atoms with Crippen molar-refractivity contribution in [3.8, 4) is 0 Å². The summed E-state index contributed by atoms with van der Waals surface area (Å²) in [7, 11) is 0. The Bertz CT molecular complexity index is 415. The van der Waals surface area contributed by atoms with Gasteiger partial charge in [-0.3, -0.25) is 0 Å². The predicted octanol–water partition coefficient (Wildman–Crippen LogP) is 2.02. The maximum Gasteiger partial charge on any atom is 0.223 e. The van der Waals surface area contributed by atoms with Gasteiger partial charge in [-0.25, -0.2) is 9.97 Å². The lowest BCUT2D eigenvalue weighted by Crippen LogP contribution is -2.18. The lowest BCUT2D eigenvalue weighted by Gasteiger charge is -2.25. The van der Waals surface area contributed by atoms with E-state index < -0.39 is 0 Å². The van der Waals surface area contributed by atoms with Gasteiger partial charge in [0, 0.05) is 12.2 Å². The molecule has 0 radical (unpaired) electrons. The summed E-state index contributed by atoms with van der Waals surface area (Å²) in [6, 6.07) is 1.81. The summed E-state index contributed by atoms with van der Waals surface area (Å²) in [5, 5.41) is 3.24. The van der Waals surface area contributed by atoms with Gasteiger partial charge in [0.2, 0.25) is 5.95 Å². The summed E-state index contributed by atoms with van der Waals surface area (Å²) in [5.41, 5.74) is 7.09. The first-order valence-corrected chi connectivity index (χ1v) is 6.45. The number of nitrogens with two attached hydrogens (primary N) is 1. The van der Waals surface area contributed by atoms with Gasteiger partial charge in [0.25, 0.3) is 0 Å². The lowest BCUT2D eigenvalue weighted by atomic mass is 9.83. The smallest absolute Gasteiger partial charge is 0.223 e. The van der Waals surface area contributed by atoms with Crippen LogP contribution < -0.4 is 11.1 Å². The number of aryl methyl sites for hydroxylation is 1. The van der Waals surface area contributed by atoms with Crippen molar-refractivity contribution in [3.63, 3.8) is 0 Å². The van der Waals surface area contributed by atoms with E-state index in [-0.39, 0.29) is 0 Å². The van der Waals surface area contributed by atoms with E-state index in [2.05, 4.69) is 15.3 Å². The average molecular weight is 250 g/mol. The normalized spacial score (nSPS) is 15.4. The van der Waals surface area contributed by atoms with E-state index in [0.717, 1.165) is 18.2 Å². The molecule has 1 saturated carbocycles. The molecule has 0 aliphatic heterocycles. The molecule has 5 heteroatoms. The number of rotatable bonds is 5. The zero-order valence-corrected chi connectivity index (χ0v) is 10.9. The summed E-state index contributed by atoms with van der Waals surface area (Å²) in [6.45, 7) is 2.84. The number of nitrogens with zero attached hydrogens (tertiary/aromatic N) is 2. The fraction of sp³-hybridized carbons (Fsp3) is 0.583. The molecule has 92 valence electrons. The minimum absolute atomic E-state index is 0.317. The molecule has 3 N–H and O–H groups in total. The summed E-state index contributed by atoms with van der Waals surface area (Å²) >= 11 is 4.92. The molecule has 0 amide bonds. The van der Waals surface area contributed by atoms with Crippen LogP contribution in [0.3, 0.4) is 0 Å². The summed E-state index contributed by atoms with van der Waals surface area (Å²) < 4.78 is 0. The van der Waals surface area contributed by atoms with Crippen molar-refractivity contribution in [2.75, 3.05) is 11.9 Å². The SMILES string of the molecule is Cc1cc(C(N)=S)nc(NCCC2CCC2)n1. The molecule has 17 heavy (non-hydrogen) atoms. The van der Waals surface area contributed by atoms with Crippen LogP contribution in [-0.4, -0.2) is 21.5 Å². The van der Waals surface area contributed by atoms with Crippen LogP contribution in [-0.2, 0) is 0 Å². The third kappa shape index (κ3) is 3.36. The quantitative estimate of drug-likeness (QED) is 0.783. The minimum atomic E-state index is 0.317. The van der Waals surface area contributed by atoms with Crippen LogP contribution >= 0.6 is 12.2 Å². The van der Waals surface area contributed by atoms with Crippen LogP contribution in [0.1, 0.15) is 37.1 Å².